The molecule has 1 fully saturated rings. The predicted molar refractivity (Wildman–Crippen MR) is 98.5 cm³/mol. The van der Waals surface area contributed by atoms with Gasteiger partial charge in [-0.2, -0.15) is 0 Å². The molecule has 1 aliphatic heterocycles. The lowest BCUT2D eigenvalue weighted by Gasteiger charge is -2.26. The summed E-state index contributed by atoms with van der Waals surface area (Å²) in [5, 5.41) is 0. The van der Waals surface area contributed by atoms with Crippen molar-refractivity contribution in [3.8, 4) is 11.5 Å². The number of piperidine rings is 1. The molecule has 1 aliphatic rings. The highest BCUT2D eigenvalue weighted by Crippen LogP contribution is 2.29. The van der Waals surface area contributed by atoms with Gasteiger partial charge in [-0.3, -0.25) is 4.72 Å². The van der Waals surface area contributed by atoms with Gasteiger partial charge < -0.3 is 14.4 Å². The molecule has 1 saturated heterocycles. The monoisotopic (exact) mass is 378 g/mol. The van der Waals surface area contributed by atoms with E-state index in [2.05, 4.69) is 19.6 Å². The van der Waals surface area contributed by atoms with Crippen LogP contribution in [-0.4, -0.2) is 45.7 Å². The van der Waals surface area contributed by atoms with Crippen LogP contribution in [0.2, 0.25) is 0 Å². The summed E-state index contributed by atoms with van der Waals surface area (Å²) in [5.74, 6) is 1.26. The Kier molecular flexibility index (Phi) is 5.46. The minimum atomic E-state index is -3.87. The van der Waals surface area contributed by atoms with Gasteiger partial charge in [-0.05, 0) is 31.4 Å². The lowest BCUT2D eigenvalue weighted by molar-refractivity contribution is 0.392. The van der Waals surface area contributed by atoms with Crippen LogP contribution < -0.4 is 19.1 Å². The van der Waals surface area contributed by atoms with Crippen molar-refractivity contribution in [1.29, 1.82) is 0 Å². The second-order valence-corrected chi connectivity index (χ2v) is 7.59. The standard InChI is InChI=1S/C17H22N4O4S/c1-24-14-6-7-15(25-2)16(10-14)26(22,23)20-13-11-18-17(19-12-13)21-8-4-3-5-9-21/h6-7,10-12,20H,3-5,8-9H2,1-2H3. The molecule has 1 N–H and O–H groups in total. The summed E-state index contributed by atoms with van der Waals surface area (Å²) in [7, 11) is -0.990. The van der Waals surface area contributed by atoms with Crippen molar-refractivity contribution in [3.63, 3.8) is 0 Å². The first kappa shape index (κ1) is 18.2. The quantitative estimate of drug-likeness (QED) is 0.824. The zero-order valence-electron chi connectivity index (χ0n) is 14.8. The normalized spacial score (nSPS) is 14.8. The number of methoxy groups -OCH3 is 2. The second-order valence-electron chi connectivity index (χ2n) is 5.94. The average Bonchev–Trinajstić information content (AvgIpc) is 2.68. The van der Waals surface area contributed by atoms with Gasteiger partial charge in [0.1, 0.15) is 16.4 Å². The number of ether oxygens (including phenoxy) is 2. The number of benzene rings is 1. The fourth-order valence-corrected chi connectivity index (χ4v) is 4.05. The Balaban J connectivity index is 1.81. The third kappa shape index (κ3) is 3.98. The van der Waals surface area contributed by atoms with E-state index in [1.54, 1.807) is 12.1 Å². The summed E-state index contributed by atoms with van der Waals surface area (Å²) >= 11 is 0. The fraction of sp³-hybridized carbons (Fsp3) is 0.412. The molecule has 9 heteroatoms. The third-order valence-electron chi connectivity index (χ3n) is 4.19. The van der Waals surface area contributed by atoms with Crippen LogP contribution in [0.25, 0.3) is 0 Å². The number of hydrogen-bond acceptors (Lipinski definition) is 7. The minimum Gasteiger partial charge on any atom is -0.497 e. The Labute approximate surface area is 153 Å². The Bertz CT molecular complexity index is 850. The van der Waals surface area contributed by atoms with Gasteiger partial charge in [0.05, 0.1) is 32.3 Å². The maximum absolute atomic E-state index is 12.7. The molecule has 0 amide bonds. The van der Waals surface area contributed by atoms with Gasteiger partial charge in [-0.25, -0.2) is 18.4 Å². The first-order chi connectivity index (χ1) is 12.5. The van der Waals surface area contributed by atoms with Gasteiger partial charge in [0.25, 0.3) is 10.0 Å². The van der Waals surface area contributed by atoms with Gasteiger partial charge in [0.2, 0.25) is 5.95 Å². The van der Waals surface area contributed by atoms with Crippen molar-refractivity contribution < 1.29 is 17.9 Å². The van der Waals surface area contributed by atoms with Crippen LogP contribution in [0.4, 0.5) is 11.6 Å². The topological polar surface area (TPSA) is 93.6 Å². The molecule has 3 rings (SSSR count). The Morgan fingerprint density at radius 3 is 2.35 bits per heavy atom. The Hall–Kier alpha value is -2.55. The largest absolute Gasteiger partial charge is 0.497 e. The highest BCUT2D eigenvalue weighted by molar-refractivity contribution is 7.92. The van der Waals surface area contributed by atoms with Crippen LogP contribution in [0, 0.1) is 0 Å². The number of sulfonamides is 1. The smallest absolute Gasteiger partial charge is 0.265 e. The van der Waals surface area contributed by atoms with Crippen molar-refractivity contribution in [1.82, 2.24) is 9.97 Å². The number of nitrogens with one attached hydrogen (secondary N) is 1. The first-order valence-electron chi connectivity index (χ1n) is 8.35. The SMILES string of the molecule is COc1ccc(OC)c(S(=O)(=O)Nc2cnc(N3CCCCC3)nc2)c1. The molecular formula is C17H22N4O4S. The van der Waals surface area contributed by atoms with E-state index in [-0.39, 0.29) is 16.3 Å². The highest BCUT2D eigenvalue weighted by Gasteiger charge is 2.21. The molecule has 1 aromatic carbocycles. The maximum Gasteiger partial charge on any atom is 0.265 e. The molecule has 0 radical (unpaired) electrons. The number of anilines is 2. The predicted octanol–water partition coefficient (Wildman–Crippen LogP) is 2.28. The highest BCUT2D eigenvalue weighted by atomic mass is 32.2. The minimum absolute atomic E-state index is 0.0144. The molecule has 2 heterocycles. The maximum atomic E-state index is 12.7. The summed E-state index contributed by atoms with van der Waals surface area (Å²) in [4.78, 5) is 10.7. The molecule has 0 spiro atoms. The molecule has 0 unspecified atom stereocenters. The van der Waals surface area contributed by atoms with Gasteiger partial charge in [0, 0.05) is 19.2 Å². The molecule has 0 saturated carbocycles. The van der Waals surface area contributed by atoms with Crippen molar-refractivity contribution in [2.45, 2.75) is 24.2 Å². The van der Waals surface area contributed by atoms with E-state index in [1.807, 2.05) is 0 Å². The zero-order valence-corrected chi connectivity index (χ0v) is 15.6. The van der Waals surface area contributed by atoms with Crippen LogP contribution >= 0.6 is 0 Å². The molecule has 2 aromatic rings. The molecule has 140 valence electrons. The van der Waals surface area contributed by atoms with Crippen molar-refractivity contribution in [2.75, 3.05) is 36.9 Å². The van der Waals surface area contributed by atoms with E-state index >= 15 is 0 Å². The lowest BCUT2D eigenvalue weighted by Crippen LogP contribution is -2.30. The van der Waals surface area contributed by atoms with Crippen LogP contribution in [-0.2, 0) is 10.0 Å². The van der Waals surface area contributed by atoms with Crippen molar-refractivity contribution in [2.24, 2.45) is 0 Å². The molecule has 0 atom stereocenters. The van der Waals surface area contributed by atoms with Crippen molar-refractivity contribution in [3.05, 3.63) is 30.6 Å². The number of aromatic nitrogens is 2. The zero-order chi connectivity index (χ0) is 18.6. The first-order valence-corrected chi connectivity index (χ1v) is 9.83. The van der Waals surface area contributed by atoms with Crippen LogP contribution in [0.3, 0.4) is 0 Å². The summed E-state index contributed by atoms with van der Waals surface area (Å²) in [5.41, 5.74) is 0.288. The molecule has 26 heavy (non-hydrogen) atoms. The van der Waals surface area contributed by atoms with Crippen LogP contribution in [0.1, 0.15) is 19.3 Å². The van der Waals surface area contributed by atoms with Gasteiger partial charge in [-0.1, -0.05) is 0 Å². The molecular weight excluding hydrogens is 356 g/mol. The van der Waals surface area contributed by atoms with Crippen LogP contribution in [0.15, 0.2) is 35.5 Å². The second kappa shape index (κ2) is 7.77. The average molecular weight is 378 g/mol. The fourth-order valence-electron chi connectivity index (χ4n) is 2.84. The van der Waals surface area contributed by atoms with E-state index in [0.29, 0.717) is 11.7 Å². The van der Waals surface area contributed by atoms with E-state index in [1.165, 1.54) is 39.1 Å². The Morgan fingerprint density at radius 1 is 1.04 bits per heavy atom. The summed E-state index contributed by atoms with van der Waals surface area (Å²) in [6.45, 7) is 1.85. The Morgan fingerprint density at radius 2 is 1.73 bits per heavy atom. The van der Waals surface area contributed by atoms with E-state index < -0.39 is 10.0 Å². The number of hydrogen-bond donors (Lipinski definition) is 1. The van der Waals surface area contributed by atoms with E-state index in [9.17, 15) is 8.42 Å². The third-order valence-corrected chi connectivity index (χ3v) is 5.59. The molecule has 0 aliphatic carbocycles. The van der Waals surface area contributed by atoms with Crippen LogP contribution in [0.5, 0.6) is 11.5 Å². The number of nitrogens with zero attached hydrogens (tertiary/aromatic N) is 3. The number of rotatable bonds is 6. The summed E-state index contributed by atoms with van der Waals surface area (Å²) in [6, 6.07) is 4.59. The van der Waals surface area contributed by atoms with Gasteiger partial charge in [0.15, 0.2) is 0 Å². The van der Waals surface area contributed by atoms with E-state index in [4.69, 9.17) is 9.47 Å². The molecule has 1 aromatic heterocycles. The van der Waals surface area contributed by atoms with Crippen molar-refractivity contribution >= 4 is 21.7 Å². The van der Waals surface area contributed by atoms with E-state index in [0.717, 1.165) is 25.9 Å². The van der Waals surface area contributed by atoms with Gasteiger partial charge in [-0.15, -0.1) is 0 Å². The lowest BCUT2D eigenvalue weighted by atomic mass is 10.1. The molecule has 8 nitrogen and oxygen atoms in total. The van der Waals surface area contributed by atoms with Gasteiger partial charge >= 0.3 is 0 Å². The summed E-state index contributed by atoms with van der Waals surface area (Å²) in [6.07, 6.45) is 6.40. The summed E-state index contributed by atoms with van der Waals surface area (Å²) < 4.78 is 38.2. The molecule has 0 bridgehead atoms.